The Morgan fingerprint density at radius 3 is 2.62 bits per heavy atom. The first-order valence-corrected chi connectivity index (χ1v) is 9.55. The van der Waals surface area contributed by atoms with Crippen molar-refractivity contribution >= 4 is 5.91 Å². The highest BCUT2D eigenvalue weighted by Crippen LogP contribution is 2.28. The Hall–Kier alpha value is -2.62. The summed E-state index contributed by atoms with van der Waals surface area (Å²) < 4.78 is 41.3. The molecule has 29 heavy (non-hydrogen) atoms. The summed E-state index contributed by atoms with van der Waals surface area (Å²) in [5.41, 5.74) is -0.475. The molecular weight excluding hydrogens is 387 g/mol. The predicted molar refractivity (Wildman–Crippen MR) is 100 cm³/mol. The van der Waals surface area contributed by atoms with Crippen molar-refractivity contribution in [2.45, 2.75) is 39.2 Å². The van der Waals surface area contributed by atoms with E-state index in [1.54, 1.807) is 4.90 Å². The third kappa shape index (κ3) is 5.47. The maximum atomic E-state index is 12.9. The van der Waals surface area contributed by atoms with E-state index in [0.717, 1.165) is 48.3 Å². The van der Waals surface area contributed by atoms with E-state index in [9.17, 15) is 22.8 Å². The van der Waals surface area contributed by atoms with Crippen LogP contribution in [0.25, 0.3) is 0 Å². The molecule has 0 aliphatic carbocycles. The highest BCUT2D eigenvalue weighted by Gasteiger charge is 2.31. The lowest BCUT2D eigenvalue weighted by Gasteiger charge is -2.22. The Balaban J connectivity index is 1.60. The molecule has 0 spiro atoms. The molecule has 0 aromatic carbocycles. The number of carbonyl (C=O) groups is 1. The molecule has 158 valence electrons. The first-order chi connectivity index (χ1) is 13.8. The van der Waals surface area contributed by atoms with E-state index >= 15 is 0 Å². The predicted octanol–water partition coefficient (Wildman–Crippen LogP) is 1.82. The van der Waals surface area contributed by atoms with Crippen LogP contribution in [-0.2, 0) is 30.6 Å². The summed E-state index contributed by atoms with van der Waals surface area (Å²) in [7, 11) is 0. The van der Waals surface area contributed by atoms with Crippen molar-refractivity contribution in [1.82, 2.24) is 24.1 Å². The van der Waals surface area contributed by atoms with Gasteiger partial charge < -0.3 is 9.47 Å². The van der Waals surface area contributed by atoms with Gasteiger partial charge in [0.25, 0.3) is 5.56 Å². The van der Waals surface area contributed by atoms with Crippen LogP contribution in [0.5, 0.6) is 0 Å². The lowest BCUT2D eigenvalue weighted by atomic mass is 10.2. The van der Waals surface area contributed by atoms with Crippen LogP contribution in [0.15, 0.2) is 35.5 Å². The monoisotopic (exact) mass is 411 g/mol. The van der Waals surface area contributed by atoms with Gasteiger partial charge in [-0.2, -0.15) is 18.3 Å². The summed E-state index contributed by atoms with van der Waals surface area (Å²) >= 11 is 0. The largest absolute Gasteiger partial charge is 0.417 e. The molecular formula is C19H24F3N5O2. The van der Waals surface area contributed by atoms with Crippen molar-refractivity contribution in [3.63, 3.8) is 0 Å². The number of carbonyl (C=O) groups excluding carboxylic acids is 1. The Labute approximate surface area is 166 Å². The van der Waals surface area contributed by atoms with Gasteiger partial charge in [0.15, 0.2) is 0 Å². The molecule has 1 fully saturated rings. The number of amides is 1. The van der Waals surface area contributed by atoms with Crippen molar-refractivity contribution in [2.75, 3.05) is 26.2 Å². The number of aromatic nitrogens is 3. The number of aryl methyl sites for hydroxylation is 1. The molecule has 0 saturated carbocycles. The minimum Gasteiger partial charge on any atom is -0.340 e. The Morgan fingerprint density at radius 2 is 1.93 bits per heavy atom. The minimum atomic E-state index is -4.56. The second-order valence-electron chi connectivity index (χ2n) is 7.10. The molecule has 0 bridgehead atoms. The Kier molecular flexibility index (Phi) is 6.41. The van der Waals surface area contributed by atoms with E-state index < -0.39 is 23.8 Å². The highest BCUT2D eigenvalue weighted by atomic mass is 19.4. The van der Waals surface area contributed by atoms with Crippen molar-refractivity contribution in [1.29, 1.82) is 0 Å². The van der Waals surface area contributed by atoms with Crippen LogP contribution in [0, 0.1) is 0 Å². The van der Waals surface area contributed by atoms with Crippen molar-refractivity contribution in [3.05, 3.63) is 52.2 Å². The van der Waals surface area contributed by atoms with Crippen LogP contribution in [0.2, 0.25) is 0 Å². The number of hydrogen-bond donors (Lipinski definition) is 0. The molecule has 1 saturated heterocycles. The number of hydrogen-bond acceptors (Lipinski definition) is 4. The second-order valence-corrected chi connectivity index (χ2v) is 7.10. The maximum absolute atomic E-state index is 12.9. The molecule has 1 aliphatic rings. The third-order valence-corrected chi connectivity index (χ3v) is 4.97. The maximum Gasteiger partial charge on any atom is 0.417 e. The van der Waals surface area contributed by atoms with Gasteiger partial charge in [-0.1, -0.05) is 0 Å². The van der Waals surface area contributed by atoms with Crippen LogP contribution in [0.1, 0.15) is 24.5 Å². The SMILES string of the molecule is CCn1cc(CN2CCCN(C(=O)Cn3cc(C(F)(F)F)ccc3=O)CC2)cn1. The van der Waals surface area contributed by atoms with Crippen LogP contribution in [-0.4, -0.2) is 56.2 Å². The summed E-state index contributed by atoms with van der Waals surface area (Å²) in [5.74, 6) is -0.355. The smallest absolute Gasteiger partial charge is 0.340 e. The molecule has 1 aliphatic heterocycles. The average molecular weight is 411 g/mol. The van der Waals surface area contributed by atoms with E-state index in [4.69, 9.17) is 0 Å². The van der Waals surface area contributed by atoms with Gasteiger partial charge in [0.05, 0.1) is 11.8 Å². The molecule has 0 N–H and O–H groups in total. The molecule has 10 heteroatoms. The molecule has 3 heterocycles. The van der Waals surface area contributed by atoms with E-state index in [0.29, 0.717) is 25.8 Å². The summed E-state index contributed by atoms with van der Waals surface area (Å²) in [6.07, 6.45) is 0.722. The van der Waals surface area contributed by atoms with E-state index in [1.807, 2.05) is 24.0 Å². The van der Waals surface area contributed by atoms with Gasteiger partial charge in [0.1, 0.15) is 6.54 Å². The van der Waals surface area contributed by atoms with Crippen LogP contribution < -0.4 is 5.56 Å². The Morgan fingerprint density at radius 1 is 1.14 bits per heavy atom. The first-order valence-electron chi connectivity index (χ1n) is 9.55. The molecule has 3 rings (SSSR count). The number of halogens is 3. The van der Waals surface area contributed by atoms with Crippen LogP contribution >= 0.6 is 0 Å². The fourth-order valence-corrected chi connectivity index (χ4v) is 3.37. The van der Waals surface area contributed by atoms with E-state index in [2.05, 4.69) is 10.00 Å². The van der Waals surface area contributed by atoms with Gasteiger partial charge in [0.2, 0.25) is 5.91 Å². The van der Waals surface area contributed by atoms with Gasteiger partial charge in [-0.05, 0) is 19.4 Å². The van der Waals surface area contributed by atoms with E-state index in [1.165, 1.54) is 0 Å². The molecule has 0 atom stereocenters. The first kappa shape index (κ1) is 21.1. The molecule has 1 amide bonds. The van der Waals surface area contributed by atoms with Crippen molar-refractivity contribution in [3.8, 4) is 0 Å². The minimum absolute atomic E-state index is 0.355. The quantitative estimate of drug-likeness (QED) is 0.753. The standard InChI is InChI=1S/C19H24F3N5O2/c1-2-27-12-15(10-23-27)11-24-6-3-7-25(9-8-24)18(29)14-26-13-16(19(20,21)22)4-5-17(26)28/h4-5,10,12-13H,2-3,6-9,11,14H2,1H3. The number of rotatable bonds is 5. The molecule has 0 radical (unpaired) electrons. The number of alkyl halides is 3. The number of pyridine rings is 1. The van der Waals surface area contributed by atoms with Gasteiger partial charge >= 0.3 is 6.18 Å². The normalized spacial score (nSPS) is 16.1. The van der Waals surface area contributed by atoms with Crippen LogP contribution in [0.4, 0.5) is 13.2 Å². The van der Waals surface area contributed by atoms with Gasteiger partial charge in [0, 0.05) is 63.3 Å². The van der Waals surface area contributed by atoms with Gasteiger partial charge in [-0.25, -0.2) is 0 Å². The lowest BCUT2D eigenvalue weighted by Crippen LogP contribution is -2.39. The zero-order valence-corrected chi connectivity index (χ0v) is 16.2. The Bertz CT molecular complexity index is 906. The zero-order valence-electron chi connectivity index (χ0n) is 16.2. The highest BCUT2D eigenvalue weighted by molar-refractivity contribution is 5.76. The summed E-state index contributed by atoms with van der Waals surface area (Å²) in [5, 5.41) is 4.26. The molecule has 2 aromatic rings. The lowest BCUT2D eigenvalue weighted by molar-refractivity contribution is -0.138. The molecule has 7 nitrogen and oxygen atoms in total. The van der Waals surface area contributed by atoms with Gasteiger partial charge in [-0.3, -0.25) is 19.2 Å². The fourth-order valence-electron chi connectivity index (χ4n) is 3.37. The van der Waals surface area contributed by atoms with Crippen LogP contribution in [0.3, 0.4) is 0 Å². The topological polar surface area (TPSA) is 63.4 Å². The number of nitrogens with zero attached hydrogens (tertiary/aromatic N) is 5. The third-order valence-electron chi connectivity index (χ3n) is 4.97. The molecule has 0 unspecified atom stereocenters. The summed E-state index contributed by atoms with van der Waals surface area (Å²) in [6, 6.07) is 1.57. The van der Waals surface area contributed by atoms with E-state index in [-0.39, 0.29) is 5.91 Å². The van der Waals surface area contributed by atoms with Crippen molar-refractivity contribution < 1.29 is 18.0 Å². The molecule has 2 aromatic heterocycles. The van der Waals surface area contributed by atoms with Gasteiger partial charge in [-0.15, -0.1) is 0 Å². The summed E-state index contributed by atoms with van der Waals surface area (Å²) in [6.45, 7) is 5.59. The zero-order chi connectivity index (χ0) is 21.0. The average Bonchev–Trinajstić information content (AvgIpc) is 2.99. The summed E-state index contributed by atoms with van der Waals surface area (Å²) in [4.78, 5) is 28.3. The second kappa shape index (κ2) is 8.81. The van der Waals surface area contributed by atoms with Crippen molar-refractivity contribution in [2.24, 2.45) is 0 Å². The fraction of sp³-hybridized carbons (Fsp3) is 0.526.